The number of carbonyl (C=O) groups excluding carboxylic acids is 1. The molecule has 0 bridgehead atoms. The molecule has 0 saturated carbocycles. The molecule has 4 nitrogen and oxygen atoms in total. The Morgan fingerprint density at radius 3 is 2.08 bits per heavy atom. The van der Waals surface area contributed by atoms with E-state index >= 15 is 0 Å². The van der Waals surface area contributed by atoms with E-state index in [-0.39, 0.29) is 12.3 Å². The van der Waals surface area contributed by atoms with Crippen LogP contribution in [0.1, 0.15) is 115 Å². The van der Waals surface area contributed by atoms with E-state index in [2.05, 4.69) is 29.9 Å². The third kappa shape index (κ3) is 14.4. The minimum atomic E-state index is -0.0371. The molecule has 0 unspecified atom stereocenters. The van der Waals surface area contributed by atoms with Crippen molar-refractivity contribution >= 4 is 17.5 Å². The molecular formula is C32H50ClN2O2+. The van der Waals surface area contributed by atoms with Crippen LogP contribution in [0.15, 0.2) is 42.7 Å². The number of hydrogen-bond donors (Lipinski definition) is 1. The van der Waals surface area contributed by atoms with Gasteiger partial charge in [-0.3, -0.25) is 4.79 Å². The summed E-state index contributed by atoms with van der Waals surface area (Å²) in [6.45, 7) is 6.50. The first-order chi connectivity index (χ1) is 18.1. The topological polar surface area (TPSA) is 42.2 Å². The first-order valence-corrected chi connectivity index (χ1v) is 15.2. The molecule has 1 aromatic carbocycles. The van der Waals surface area contributed by atoms with Crippen LogP contribution in [-0.4, -0.2) is 12.5 Å². The Hall–Kier alpha value is -2.07. The fraction of sp³-hybridized carbons (Fsp3) is 0.625. The minimum absolute atomic E-state index is 0.0371. The summed E-state index contributed by atoms with van der Waals surface area (Å²) in [5.41, 5.74) is 1.90. The number of nitrogens with one attached hydrogen (secondary N) is 1. The Labute approximate surface area is 231 Å². The van der Waals surface area contributed by atoms with Gasteiger partial charge >= 0.3 is 0 Å². The summed E-state index contributed by atoms with van der Waals surface area (Å²) < 4.78 is 7.99. The van der Waals surface area contributed by atoms with E-state index in [4.69, 9.17) is 16.3 Å². The van der Waals surface area contributed by atoms with Crippen molar-refractivity contribution in [1.82, 2.24) is 5.32 Å². The van der Waals surface area contributed by atoms with Gasteiger partial charge in [0.15, 0.2) is 12.4 Å². The van der Waals surface area contributed by atoms with Crippen LogP contribution < -0.4 is 14.6 Å². The Morgan fingerprint density at radius 2 is 1.49 bits per heavy atom. The van der Waals surface area contributed by atoms with Crippen LogP contribution in [0.5, 0.6) is 5.75 Å². The summed E-state index contributed by atoms with van der Waals surface area (Å²) >= 11 is 6.44. The molecule has 0 spiro atoms. The zero-order valence-electron chi connectivity index (χ0n) is 23.4. The molecule has 1 heterocycles. The largest absolute Gasteiger partial charge is 0.494 e. The van der Waals surface area contributed by atoms with Crippen molar-refractivity contribution in [3.63, 3.8) is 0 Å². The Balaban J connectivity index is 1.50. The van der Waals surface area contributed by atoms with Gasteiger partial charge in [0.05, 0.1) is 13.0 Å². The fourth-order valence-corrected chi connectivity index (χ4v) is 4.80. The number of carbonyl (C=O) groups is 1. The Kier molecular flexibility index (Phi) is 16.8. The van der Waals surface area contributed by atoms with Gasteiger partial charge in [0.2, 0.25) is 5.91 Å². The summed E-state index contributed by atoms with van der Waals surface area (Å²) in [5.74, 6) is 0.738. The van der Waals surface area contributed by atoms with Crippen molar-refractivity contribution < 1.29 is 14.1 Å². The maximum atomic E-state index is 12.4. The van der Waals surface area contributed by atoms with Crippen LogP contribution in [0.25, 0.3) is 0 Å². The monoisotopic (exact) mass is 529 g/mol. The zero-order chi connectivity index (χ0) is 26.6. The lowest BCUT2D eigenvalue weighted by Gasteiger charge is -2.10. The number of aromatic nitrogens is 1. The number of ether oxygens (including phenoxy) is 1. The van der Waals surface area contributed by atoms with Crippen molar-refractivity contribution in [3.05, 3.63) is 58.9 Å². The highest BCUT2D eigenvalue weighted by atomic mass is 35.5. The average molecular weight is 530 g/mol. The maximum absolute atomic E-state index is 12.4. The van der Waals surface area contributed by atoms with Crippen LogP contribution in [0, 0.1) is 0 Å². The van der Waals surface area contributed by atoms with Gasteiger partial charge in [0, 0.05) is 23.2 Å². The van der Waals surface area contributed by atoms with E-state index in [1.54, 1.807) is 0 Å². The molecule has 1 aromatic heterocycles. The molecule has 2 rings (SSSR count). The molecule has 37 heavy (non-hydrogen) atoms. The van der Waals surface area contributed by atoms with E-state index in [9.17, 15) is 4.79 Å². The lowest BCUT2D eigenvalue weighted by Crippen LogP contribution is -2.33. The number of hydrogen-bond acceptors (Lipinski definition) is 2. The predicted octanol–water partition coefficient (Wildman–Crippen LogP) is 8.37. The van der Waals surface area contributed by atoms with Gasteiger partial charge in [-0.25, -0.2) is 4.57 Å². The third-order valence-corrected chi connectivity index (χ3v) is 7.27. The smallest absolute Gasteiger partial charge is 0.224 e. The van der Waals surface area contributed by atoms with E-state index < -0.39 is 0 Å². The van der Waals surface area contributed by atoms with Gasteiger partial charge in [-0.2, -0.15) is 0 Å². The van der Waals surface area contributed by atoms with Crippen LogP contribution in [0.3, 0.4) is 0 Å². The lowest BCUT2D eigenvalue weighted by molar-refractivity contribution is -0.694. The Bertz CT molecular complexity index is 887. The third-order valence-electron chi connectivity index (χ3n) is 6.92. The molecule has 5 heteroatoms. The average Bonchev–Trinajstić information content (AvgIpc) is 2.91. The van der Waals surface area contributed by atoms with Crippen LogP contribution in [0.2, 0.25) is 5.02 Å². The molecule has 0 aliphatic carbocycles. The second-order valence-corrected chi connectivity index (χ2v) is 10.6. The van der Waals surface area contributed by atoms with Crippen LogP contribution in [-0.2, 0) is 24.3 Å². The highest BCUT2D eigenvalue weighted by molar-refractivity contribution is 6.31. The van der Waals surface area contributed by atoms with Gasteiger partial charge in [0.1, 0.15) is 12.3 Å². The zero-order valence-corrected chi connectivity index (χ0v) is 24.2. The molecule has 1 N–H and O–H groups in total. The van der Waals surface area contributed by atoms with Gasteiger partial charge < -0.3 is 10.1 Å². The van der Waals surface area contributed by atoms with E-state index in [1.807, 2.05) is 36.5 Å². The minimum Gasteiger partial charge on any atom is -0.494 e. The number of amides is 1. The molecular weight excluding hydrogens is 480 g/mol. The summed E-state index contributed by atoms with van der Waals surface area (Å²) in [6.07, 6.45) is 23.3. The quantitative estimate of drug-likeness (QED) is 0.130. The van der Waals surface area contributed by atoms with Crippen molar-refractivity contribution in [3.8, 4) is 5.75 Å². The highest BCUT2D eigenvalue weighted by Crippen LogP contribution is 2.23. The van der Waals surface area contributed by atoms with Crippen LogP contribution in [0.4, 0.5) is 0 Å². The predicted molar refractivity (Wildman–Crippen MR) is 155 cm³/mol. The second-order valence-electron chi connectivity index (χ2n) is 10.2. The number of benzene rings is 1. The molecule has 0 saturated heterocycles. The van der Waals surface area contributed by atoms with Gasteiger partial charge in [-0.15, -0.1) is 0 Å². The second kappa shape index (κ2) is 20.0. The number of halogens is 1. The fourth-order valence-electron chi connectivity index (χ4n) is 4.56. The molecule has 1 amide bonds. The summed E-state index contributed by atoms with van der Waals surface area (Å²) in [6, 6.07) is 9.66. The van der Waals surface area contributed by atoms with Crippen molar-refractivity contribution in [2.24, 2.45) is 0 Å². The van der Waals surface area contributed by atoms with E-state index in [1.165, 1.54) is 83.5 Å². The molecule has 2 aromatic rings. The molecule has 0 atom stereocenters. The number of unbranched alkanes of at least 4 members (excludes halogenated alkanes) is 13. The Morgan fingerprint density at radius 1 is 0.865 bits per heavy atom. The van der Waals surface area contributed by atoms with Crippen LogP contribution >= 0.6 is 11.6 Å². The highest BCUT2D eigenvalue weighted by Gasteiger charge is 2.09. The van der Waals surface area contributed by atoms with Crippen molar-refractivity contribution in [2.75, 3.05) is 6.61 Å². The first-order valence-electron chi connectivity index (χ1n) is 14.8. The van der Waals surface area contributed by atoms with Crippen molar-refractivity contribution in [2.45, 2.75) is 123 Å². The first kappa shape index (κ1) is 31.1. The molecule has 0 fully saturated rings. The SMILES string of the molecule is CCCCCCCCCCCCCCCCOc1ccc(CC(=O)NCc2ccc[n+](CC)c2)c(Cl)c1. The lowest BCUT2D eigenvalue weighted by atomic mass is 10.0. The molecule has 0 aliphatic rings. The van der Waals surface area contributed by atoms with Gasteiger partial charge in [0.25, 0.3) is 0 Å². The number of aryl methyl sites for hydroxylation is 1. The maximum Gasteiger partial charge on any atom is 0.224 e. The molecule has 206 valence electrons. The number of nitrogens with zero attached hydrogens (tertiary/aromatic N) is 1. The molecule has 0 radical (unpaired) electrons. The standard InChI is InChI=1S/C32H49ClN2O2/c1-3-5-6-7-8-9-10-11-12-13-14-15-16-17-23-37-30-21-20-29(31(33)25-30)24-32(36)34-26-28-19-18-22-35(4-2)27-28/h18-22,25,27H,3-17,23-24,26H2,1-2H3/p+1. The van der Waals surface area contributed by atoms with E-state index in [0.717, 1.165) is 29.8 Å². The normalized spacial score (nSPS) is 11.0. The van der Waals surface area contributed by atoms with Crippen molar-refractivity contribution in [1.29, 1.82) is 0 Å². The van der Waals surface area contributed by atoms with E-state index in [0.29, 0.717) is 18.2 Å². The number of pyridine rings is 1. The van der Waals surface area contributed by atoms with Gasteiger partial charge in [-0.1, -0.05) is 108 Å². The van der Waals surface area contributed by atoms with Gasteiger partial charge in [-0.05, 0) is 37.1 Å². The molecule has 0 aliphatic heterocycles. The summed E-state index contributed by atoms with van der Waals surface area (Å²) in [4.78, 5) is 12.4. The summed E-state index contributed by atoms with van der Waals surface area (Å²) in [7, 11) is 0. The summed E-state index contributed by atoms with van der Waals surface area (Å²) in [5, 5.41) is 3.56. The number of rotatable bonds is 21.